The van der Waals surface area contributed by atoms with Crippen LogP contribution in [-0.4, -0.2) is 49.1 Å². The highest BCUT2D eigenvalue weighted by molar-refractivity contribution is 5.94. The fourth-order valence-electron chi connectivity index (χ4n) is 3.19. The molecule has 15 heteroatoms. The summed E-state index contributed by atoms with van der Waals surface area (Å²) in [5.74, 6) is -0.792. The van der Waals surface area contributed by atoms with Gasteiger partial charge in [0.2, 0.25) is 0 Å². The van der Waals surface area contributed by atoms with E-state index in [1.807, 2.05) is 0 Å². The van der Waals surface area contributed by atoms with E-state index in [1.165, 1.54) is 12.3 Å². The van der Waals surface area contributed by atoms with Crippen molar-refractivity contribution in [3.8, 4) is 11.4 Å². The van der Waals surface area contributed by atoms with E-state index in [9.17, 15) is 31.1 Å². The Labute approximate surface area is 203 Å². The van der Waals surface area contributed by atoms with Crippen molar-refractivity contribution in [2.75, 3.05) is 18.5 Å². The average Bonchev–Trinajstić information content (AvgIpc) is 2.86. The lowest BCUT2D eigenvalue weighted by Gasteiger charge is -2.14. The molecule has 0 aliphatic carbocycles. The number of hydrogen-bond acceptors (Lipinski definition) is 8. The number of pyridine rings is 3. The van der Waals surface area contributed by atoms with Crippen LogP contribution in [0.2, 0.25) is 0 Å². The van der Waals surface area contributed by atoms with E-state index >= 15 is 0 Å². The first-order valence-electron chi connectivity index (χ1n) is 10.4. The Morgan fingerprint density at radius 3 is 2.35 bits per heavy atom. The third-order valence-corrected chi connectivity index (χ3v) is 4.90. The third-order valence-electron chi connectivity index (χ3n) is 4.90. The van der Waals surface area contributed by atoms with Crippen LogP contribution >= 0.6 is 0 Å². The molecule has 0 atom stereocenters. The van der Waals surface area contributed by atoms with E-state index in [-0.39, 0.29) is 40.5 Å². The molecule has 0 aromatic carbocycles. The number of rotatable bonds is 6. The summed E-state index contributed by atoms with van der Waals surface area (Å²) in [5, 5.41) is 13.8. The molecule has 0 spiro atoms. The summed E-state index contributed by atoms with van der Waals surface area (Å²) in [4.78, 5) is 31.8. The minimum Gasteiger partial charge on any atom is -0.395 e. The summed E-state index contributed by atoms with van der Waals surface area (Å²) < 4.78 is 79.6. The molecule has 4 aromatic rings. The number of carbonyl (C=O) groups excluding carboxylic acids is 1. The van der Waals surface area contributed by atoms with Crippen molar-refractivity contribution in [1.29, 1.82) is 0 Å². The number of carbonyl (C=O) groups is 1. The van der Waals surface area contributed by atoms with Gasteiger partial charge in [0, 0.05) is 25.1 Å². The molecular formula is C22H15F6N7O2. The molecule has 0 saturated heterocycles. The van der Waals surface area contributed by atoms with Gasteiger partial charge in [0.15, 0.2) is 5.65 Å². The first-order chi connectivity index (χ1) is 17.5. The predicted octanol–water partition coefficient (Wildman–Crippen LogP) is 3.99. The molecule has 0 radical (unpaired) electrons. The van der Waals surface area contributed by atoms with E-state index in [0.29, 0.717) is 12.3 Å². The Morgan fingerprint density at radius 2 is 1.70 bits per heavy atom. The highest BCUT2D eigenvalue weighted by Gasteiger charge is 2.36. The number of fused-ring (bicyclic) bond motifs is 1. The summed E-state index contributed by atoms with van der Waals surface area (Å²) in [6.45, 7) is -0.545. The van der Waals surface area contributed by atoms with Gasteiger partial charge in [-0.05, 0) is 24.3 Å². The fraction of sp³-hybridized carbons (Fsp3) is 0.182. The van der Waals surface area contributed by atoms with Crippen molar-refractivity contribution in [1.82, 2.24) is 30.2 Å². The third kappa shape index (κ3) is 5.72. The van der Waals surface area contributed by atoms with Crippen molar-refractivity contribution in [3.05, 3.63) is 65.7 Å². The maximum absolute atomic E-state index is 13.8. The number of aliphatic hydroxyl groups is 1. The molecule has 0 unspecified atom stereocenters. The van der Waals surface area contributed by atoms with Crippen LogP contribution in [0.1, 0.15) is 21.5 Å². The number of nitrogens with zero attached hydrogens (tertiary/aromatic N) is 5. The predicted molar refractivity (Wildman–Crippen MR) is 118 cm³/mol. The van der Waals surface area contributed by atoms with Crippen LogP contribution < -0.4 is 10.6 Å². The van der Waals surface area contributed by atoms with Gasteiger partial charge in [-0.3, -0.25) is 9.78 Å². The van der Waals surface area contributed by atoms with Crippen LogP contribution in [0.4, 0.5) is 37.8 Å². The number of anilines is 2. The van der Waals surface area contributed by atoms with Gasteiger partial charge in [0.25, 0.3) is 5.91 Å². The quantitative estimate of drug-likeness (QED) is 0.324. The van der Waals surface area contributed by atoms with Gasteiger partial charge in [0.05, 0.1) is 35.2 Å². The zero-order valence-corrected chi connectivity index (χ0v) is 18.4. The second-order valence-corrected chi connectivity index (χ2v) is 7.44. The fourth-order valence-corrected chi connectivity index (χ4v) is 3.19. The van der Waals surface area contributed by atoms with Crippen molar-refractivity contribution >= 4 is 28.6 Å². The Hall–Kier alpha value is -4.40. The number of hydrogen-bond donors (Lipinski definition) is 3. The molecule has 4 rings (SSSR count). The first kappa shape index (κ1) is 25.7. The van der Waals surface area contributed by atoms with E-state index in [4.69, 9.17) is 5.11 Å². The molecule has 4 heterocycles. The number of halogens is 6. The van der Waals surface area contributed by atoms with Crippen molar-refractivity contribution < 1.29 is 36.2 Å². The zero-order chi connectivity index (χ0) is 26.8. The highest BCUT2D eigenvalue weighted by Crippen LogP contribution is 2.36. The minimum atomic E-state index is -4.89. The van der Waals surface area contributed by atoms with Crippen LogP contribution in [0.25, 0.3) is 22.6 Å². The Bertz CT molecular complexity index is 1440. The van der Waals surface area contributed by atoms with Crippen molar-refractivity contribution in [2.45, 2.75) is 12.4 Å². The topological polar surface area (TPSA) is 126 Å². The molecule has 192 valence electrons. The lowest BCUT2D eigenvalue weighted by Crippen LogP contribution is -2.27. The van der Waals surface area contributed by atoms with Gasteiger partial charge in [-0.2, -0.15) is 26.3 Å². The van der Waals surface area contributed by atoms with Crippen LogP contribution in [-0.2, 0) is 12.4 Å². The van der Waals surface area contributed by atoms with Gasteiger partial charge in [-0.1, -0.05) is 0 Å². The lowest BCUT2D eigenvalue weighted by molar-refractivity contribution is -0.138. The Morgan fingerprint density at radius 1 is 0.919 bits per heavy atom. The molecule has 37 heavy (non-hydrogen) atoms. The lowest BCUT2D eigenvalue weighted by atomic mass is 10.1. The second kappa shape index (κ2) is 9.93. The number of amides is 1. The normalized spacial score (nSPS) is 12.0. The molecule has 1 amide bonds. The molecule has 0 bridgehead atoms. The first-order valence-corrected chi connectivity index (χ1v) is 10.4. The maximum atomic E-state index is 13.8. The van der Waals surface area contributed by atoms with E-state index in [1.54, 1.807) is 0 Å². The summed E-state index contributed by atoms with van der Waals surface area (Å²) in [6, 6.07) is 3.99. The summed E-state index contributed by atoms with van der Waals surface area (Å²) in [6.07, 6.45) is -5.56. The molecule has 9 nitrogen and oxygen atoms in total. The van der Waals surface area contributed by atoms with Crippen LogP contribution in [0.5, 0.6) is 0 Å². The number of aromatic nitrogens is 5. The molecule has 0 fully saturated rings. The molecule has 4 aromatic heterocycles. The smallest absolute Gasteiger partial charge is 0.395 e. The van der Waals surface area contributed by atoms with E-state index < -0.39 is 41.7 Å². The summed E-state index contributed by atoms with van der Waals surface area (Å²) >= 11 is 0. The monoisotopic (exact) mass is 523 g/mol. The Balaban J connectivity index is 1.69. The number of nitrogens with one attached hydrogen (secondary N) is 2. The molecule has 3 N–H and O–H groups in total. The van der Waals surface area contributed by atoms with Crippen LogP contribution in [0.3, 0.4) is 0 Å². The SMILES string of the molecule is O=C(NCCO)c1cnc(-c2cnc3c(Nc4ccc(C(F)(F)F)cn4)ccnc3n2)c(C(F)(F)F)c1. The Kier molecular flexibility index (Phi) is 6.89. The van der Waals surface area contributed by atoms with Gasteiger partial charge in [0.1, 0.15) is 22.7 Å². The standard InChI is InChI=1S/C22H15F6N7O2/c23-21(24,25)12-1-2-16(31-9-12)34-14-3-4-29-19-18(14)33-10-15(35-19)17-13(22(26,27)28)7-11(8-32-17)20(37)30-5-6-36/h1-4,7-10,36H,5-6H2,(H,30,37)(H,29,31,34,35). The molecular weight excluding hydrogens is 508 g/mol. The van der Waals surface area contributed by atoms with Gasteiger partial charge in [-0.15, -0.1) is 0 Å². The molecule has 0 aliphatic rings. The van der Waals surface area contributed by atoms with Gasteiger partial charge < -0.3 is 15.7 Å². The van der Waals surface area contributed by atoms with Crippen LogP contribution in [0.15, 0.2) is 49.1 Å². The highest BCUT2D eigenvalue weighted by atomic mass is 19.4. The maximum Gasteiger partial charge on any atom is 0.418 e. The van der Waals surface area contributed by atoms with Crippen molar-refractivity contribution in [3.63, 3.8) is 0 Å². The van der Waals surface area contributed by atoms with Gasteiger partial charge in [-0.25, -0.2) is 19.9 Å². The van der Waals surface area contributed by atoms with Crippen molar-refractivity contribution in [2.24, 2.45) is 0 Å². The van der Waals surface area contributed by atoms with E-state index in [0.717, 1.165) is 24.5 Å². The van der Waals surface area contributed by atoms with E-state index in [2.05, 4.69) is 35.6 Å². The zero-order valence-electron chi connectivity index (χ0n) is 18.4. The van der Waals surface area contributed by atoms with Crippen LogP contribution in [0, 0.1) is 0 Å². The molecule has 0 aliphatic heterocycles. The number of alkyl halides is 6. The summed E-state index contributed by atoms with van der Waals surface area (Å²) in [7, 11) is 0. The second-order valence-electron chi connectivity index (χ2n) is 7.44. The van der Waals surface area contributed by atoms with Gasteiger partial charge >= 0.3 is 12.4 Å². The molecule has 0 saturated carbocycles. The minimum absolute atomic E-state index is 0.0578. The number of aliphatic hydroxyl groups excluding tert-OH is 1. The average molecular weight is 523 g/mol. The largest absolute Gasteiger partial charge is 0.418 e. The summed E-state index contributed by atoms with van der Waals surface area (Å²) in [5.41, 5.74) is -3.13.